The number of hydrogen-bond donors (Lipinski definition) is 0. The number of ether oxygens (including phenoxy) is 2. The number of aryl methyl sites for hydroxylation is 2. The van der Waals surface area contributed by atoms with Gasteiger partial charge in [0, 0.05) is 5.56 Å². The van der Waals surface area contributed by atoms with Crippen molar-refractivity contribution in [1.82, 2.24) is 0 Å². The predicted octanol–water partition coefficient (Wildman–Crippen LogP) is 2.93. The fraction of sp³-hybridized carbons (Fsp3) is 0.500. The molecule has 0 spiro atoms. The molecular formula is C12H15BrO2. The summed E-state index contributed by atoms with van der Waals surface area (Å²) in [4.78, 5) is 0. The number of rotatable bonds is 2. The van der Waals surface area contributed by atoms with Gasteiger partial charge in [-0.2, -0.15) is 0 Å². The molecule has 1 saturated heterocycles. The van der Waals surface area contributed by atoms with Crippen molar-refractivity contribution >= 4 is 15.9 Å². The van der Waals surface area contributed by atoms with Crippen LogP contribution in [0.1, 0.15) is 16.7 Å². The summed E-state index contributed by atoms with van der Waals surface area (Å²) >= 11 is 3.74. The van der Waals surface area contributed by atoms with Gasteiger partial charge in [-0.25, -0.2) is 0 Å². The summed E-state index contributed by atoms with van der Waals surface area (Å²) in [5, 5.41) is 0. The van der Waals surface area contributed by atoms with Crippen LogP contribution in [0.3, 0.4) is 0 Å². The summed E-state index contributed by atoms with van der Waals surface area (Å²) < 4.78 is 10.7. The highest BCUT2D eigenvalue weighted by atomic mass is 79.9. The Morgan fingerprint density at radius 2 is 2.00 bits per heavy atom. The molecule has 3 heteroatoms. The van der Waals surface area contributed by atoms with Crippen LogP contribution in [0.25, 0.3) is 0 Å². The van der Waals surface area contributed by atoms with E-state index in [1.807, 2.05) is 0 Å². The first kappa shape index (κ1) is 11.0. The quantitative estimate of drug-likeness (QED) is 0.770. The summed E-state index contributed by atoms with van der Waals surface area (Å²) in [6, 6.07) is 4.25. The second-order valence-corrected chi connectivity index (χ2v) is 5.64. The van der Waals surface area contributed by atoms with Crippen molar-refractivity contribution in [3.05, 3.63) is 28.8 Å². The van der Waals surface area contributed by atoms with Gasteiger partial charge in [0.15, 0.2) is 0 Å². The number of halogens is 1. The van der Waals surface area contributed by atoms with Crippen molar-refractivity contribution in [2.45, 2.75) is 18.2 Å². The molecule has 2 rings (SSSR count). The van der Waals surface area contributed by atoms with Crippen LogP contribution in [0.15, 0.2) is 12.1 Å². The van der Waals surface area contributed by atoms with Gasteiger partial charge in [0.2, 0.25) is 0 Å². The molecule has 1 heterocycles. The molecule has 1 aliphatic rings. The van der Waals surface area contributed by atoms with Crippen LogP contribution in [-0.2, 0) is 9.06 Å². The third-order valence-electron chi connectivity index (χ3n) is 2.77. The Kier molecular flexibility index (Phi) is 2.77. The molecule has 1 aromatic rings. The molecule has 0 aliphatic carbocycles. The molecule has 0 atom stereocenters. The maximum absolute atomic E-state index is 5.44. The lowest BCUT2D eigenvalue weighted by Gasteiger charge is -2.38. The zero-order valence-corrected chi connectivity index (χ0v) is 10.8. The largest absolute Gasteiger partial charge is 0.496 e. The lowest BCUT2D eigenvalue weighted by atomic mass is 9.91. The molecule has 0 amide bonds. The van der Waals surface area contributed by atoms with Crippen molar-refractivity contribution in [3.63, 3.8) is 0 Å². The fourth-order valence-corrected chi connectivity index (χ4v) is 2.92. The zero-order chi connectivity index (χ0) is 11.1. The van der Waals surface area contributed by atoms with Crippen LogP contribution in [0.4, 0.5) is 0 Å². The Labute approximate surface area is 98.7 Å². The summed E-state index contributed by atoms with van der Waals surface area (Å²) in [6.45, 7) is 5.63. The Morgan fingerprint density at radius 1 is 1.33 bits per heavy atom. The molecule has 1 aliphatic heterocycles. The molecule has 0 bridgehead atoms. The first-order chi connectivity index (χ1) is 7.07. The average molecular weight is 271 g/mol. The molecule has 1 aromatic carbocycles. The highest BCUT2D eigenvalue weighted by Gasteiger charge is 2.41. The van der Waals surface area contributed by atoms with E-state index >= 15 is 0 Å². The minimum atomic E-state index is -0.0455. The third kappa shape index (κ3) is 1.79. The summed E-state index contributed by atoms with van der Waals surface area (Å²) in [5.41, 5.74) is 3.71. The molecule has 0 saturated carbocycles. The van der Waals surface area contributed by atoms with E-state index in [9.17, 15) is 0 Å². The van der Waals surface area contributed by atoms with Crippen molar-refractivity contribution in [2.75, 3.05) is 20.3 Å². The van der Waals surface area contributed by atoms with Gasteiger partial charge in [-0.1, -0.05) is 22.0 Å². The standard InChI is InChI=1S/C12H15BrO2/c1-8-4-9(2)11(10(5-8)14-3)12(13)6-15-7-12/h4-5H,6-7H2,1-3H3. The molecular weight excluding hydrogens is 256 g/mol. The highest BCUT2D eigenvalue weighted by Crippen LogP contribution is 2.45. The van der Waals surface area contributed by atoms with E-state index in [-0.39, 0.29) is 4.32 Å². The fourth-order valence-electron chi connectivity index (χ4n) is 2.09. The topological polar surface area (TPSA) is 18.5 Å². The Morgan fingerprint density at radius 3 is 2.47 bits per heavy atom. The Balaban J connectivity index is 2.53. The van der Waals surface area contributed by atoms with Crippen LogP contribution in [0.2, 0.25) is 0 Å². The van der Waals surface area contributed by atoms with Gasteiger partial charge in [0.1, 0.15) is 10.1 Å². The van der Waals surface area contributed by atoms with Crippen molar-refractivity contribution < 1.29 is 9.47 Å². The molecule has 0 N–H and O–H groups in total. The normalized spacial score (nSPS) is 18.4. The minimum absolute atomic E-state index is 0.0455. The van der Waals surface area contributed by atoms with Gasteiger partial charge in [-0.15, -0.1) is 0 Å². The van der Waals surface area contributed by atoms with Crippen molar-refractivity contribution in [3.8, 4) is 5.75 Å². The van der Waals surface area contributed by atoms with Gasteiger partial charge < -0.3 is 9.47 Å². The minimum Gasteiger partial charge on any atom is -0.496 e. The van der Waals surface area contributed by atoms with Gasteiger partial charge in [0.05, 0.1) is 20.3 Å². The lowest BCUT2D eigenvalue weighted by molar-refractivity contribution is -0.00817. The van der Waals surface area contributed by atoms with E-state index in [0.29, 0.717) is 13.2 Å². The molecule has 1 fully saturated rings. The second kappa shape index (κ2) is 3.80. The maximum atomic E-state index is 5.44. The van der Waals surface area contributed by atoms with Crippen molar-refractivity contribution in [2.24, 2.45) is 0 Å². The first-order valence-corrected chi connectivity index (χ1v) is 5.78. The number of alkyl halides is 1. The predicted molar refractivity (Wildman–Crippen MR) is 63.9 cm³/mol. The first-order valence-electron chi connectivity index (χ1n) is 4.99. The van der Waals surface area contributed by atoms with E-state index in [1.165, 1.54) is 16.7 Å². The summed E-state index contributed by atoms with van der Waals surface area (Å²) in [5.74, 6) is 0.952. The van der Waals surface area contributed by atoms with Crippen LogP contribution >= 0.6 is 15.9 Å². The van der Waals surface area contributed by atoms with E-state index in [4.69, 9.17) is 9.47 Å². The molecule has 15 heavy (non-hydrogen) atoms. The average Bonchev–Trinajstić information content (AvgIpc) is 2.13. The third-order valence-corrected chi connectivity index (χ3v) is 3.63. The van der Waals surface area contributed by atoms with Gasteiger partial charge in [0.25, 0.3) is 0 Å². The second-order valence-electron chi connectivity index (χ2n) is 4.12. The highest BCUT2D eigenvalue weighted by molar-refractivity contribution is 9.09. The monoisotopic (exact) mass is 270 g/mol. The van der Waals surface area contributed by atoms with Crippen LogP contribution in [0.5, 0.6) is 5.75 Å². The molecule has 82 valence electrons. The lowest BCUT2D eigenvalue weighted by Crippen LogP contribution is -2.41. The Bertz CT molecular complexity index is 383. The number of methoxy groups -OCH3 is 1. The smallest absolute Gasteiger partial charge is 0.124 e. The van der Waals surface area contributed by atoms with E-state index in [2.05, 4.69) is 41.9 Å². The van der Waals surface area contributed by atoms with E-state index in [1.54, 1.807) is 7.11 Å². The van der Waals surface area contributed by atoms with E-state index in [0.717, 1.165) is 5.75 Å². The van der Waals surface area contributed by atoms with Gasteiger partial charge in [-0.05, 0) is 31.0 Å². The van der Waals surface area contributed by atoms with Gasteiger partial charge >= 0.3 is 0 Å². The van der Waals surface area contributed by atoms with Crippen LogP contribution < -0.4 is 4.74 Å². The number of hydrogen-bond acceptors (Lipinski definition) is 2. The summed E-state index contributed by atoms with van der Waals surface area (Å²) in [7, 11) is 1.72. The summed E-state index contributed by atoms with van der Waals surface area (Å²) in [6.07, 6.45) is 0. The van der Waals surface area contributed by atoms with Crippen LogP contribution in [0, 0.1) is 13.8 Å². The van der Waals surface area contributed by atoms with E-state index < -0.39 is 0 Å². The molecule has 0 aromatic heterocycles. The van der Waals surface area contributed by atoms with Crippen LogP contribution in [-0.4, -0.2) is 20.3 Å². The zero-order valence-electron chi connectivity index (χ0n) is 9.26. The molecule has 0 radical (unpaired) electrons. The van der Waals surface area contributed by atoms with Crippen molar-refractivity contribution in [1.29, 1.82) is 0 Å². The van der Waals surface area contributed by atoms with Gasteiger partial charge in [-0.3, -0.25) is 0 Å². The molecule has 0 unspecified atom stereocenters. The maximum Gasteiger partial charge on any atom is 0.124 e. The Hall–Kier alpha value is -0.540. The SMILES string of the molecule is COc1cc(C)cc(C)c1C1(Br)COC1. The number of benzene rings is 1. The molecule has 2 nitrogen and oxygen atoms in total.